The highest BCUT2D eigenvalue weighted by atomic mass is 32.1. The number of thiazole rings is 1. The number of aryl methyl sites for hydroxylation is 2. The van der Waals surface area contributed by atoms with E-state index < -0.39 is 12.5 Å². The van der Waals surface area contributed by atoms with Crippen LogP contribution in [-0.4, -0.2) is 57.2 Å². The van der Waals surface area contributed by atoms with Crippen molar-refractivity contribution in [2.45, 2.75) is 83.8 Å². The van der Waals surface area contributed by atoms with E-state index in [-0.39, 0.29) is 11.9 Å². The number of carbonyl (C=O) groups excluding carboxylic acids is 1. The van der Waals surface area contributed by atoms with Crippen molar-refractivity contribution in [3.63, 3.8) is 0 Å². The number of aromatic nitrogens is 3. The summed E-state index contributed by atoms with van der Waals surface area (Å²) in [4.78, 5) is 20.3. The molecule has 1 N–H and O–H groups in total. The van der Waals surface area contributed by atoms with Crippen molar-refractivity contribution >= 4 is 17.2 Å². The van der Waals surface area contributed by atoms with E-state index in [1.807, 2.05) is 17.7 Å². The standard InChI is InChI=1S/C24H35F2N5O2S/c1-17-7-11-27-31(17)14-10-22(32)28-19-5-3-18(4-6-19)8-12-30-13-9-21-20(15-30)29-23(34-21)33-16-24(2,25)26/h7,11,18-19H,3-6,8-10,12-16H2,1-2H3,(H,28,32)/t18-,19-. The Morgan fingerprint density at radius 1 is 1.29 bits per heavy atom. The molecule has 4 rings (SSSR count). The van der Waals surface area contributed by atoms with Gasteiger partial charge in [-0.2, -0.15) is 5.10 Å². The van der Waals surface area contributed by atoms with Crippen LogP contribution in [0.25, 0.3) is 0 Å². The number of fused-ring (bicyclic) bond motifs is 1. The first-order chi connectivity index (χ1) is 16.2. The molecule has 2 aliphatic rings. The van der Waals surface area contributed by atoms with E-state index in [0.29, 0.717) is 24.1 Å². The average Bonchev–Trinajstić information content (AvgIpc) is 3.40. The number of nitrogens with one attached hydrogen (secondary N) is 1. The van der Waals surface area contributed by atoms with Gasteiger partial charge in [-0.15, -0.1) is 0 Å². The molecule has 0 aromatic carbocycles. The summed E-state index contributed by atoms with van der Waals surface area (Å²) < 4.78 is 33.1. The van der Waals surface area contributed by atoms with Gasteiger partial charge in [-0.25, -0.2) is 13.8 Å². The SMILES string of the molecule is Cc1ccnn1CCC(=O)N[C@H]1CC[C@H](CCN2CCc3sc(OCC(C)(F)F)nc3C2)CC1. The Balaban J connectivity index is 1.13. The first-order valence-corrected chi connectivity index (χ1v) is 13.1. The Kier molecular flexibility index (Phi) is 8.18. The lowest BCUT2D eigenvalue weighted by atomic mass is 9.84. The maximum absolute atomic E-state index is 13.0. The fourth-order valence-electron chi connectivity index (χ4n) is 4.77. The molecule has 2 aromatic rings. The second-order valence-electron chi connectivity index (χ2n) is 9.75. The maximum atomic E-state index is 13.0. The summed E-state index contributed by atoms with van der Waals surface area (Å²) in [7, 11) is 0. The molecule has 34 heavy (non-hydrogen) atoms. The summed E-state index contributed by atoms with van der Waals surface area (Å²) in [5, 5.41) is 7.79. The van der Waals surface area contributed by atoms with Crippen molar-refractivity contribution in [3.8, 4) is 5.19 Å². The number of amides is 1. The molecule has 0 radical (unpaired) electrons. The average molecular weight is 496 g/mol. The van der Waals surface area contributed by atoms with E-state index in [9.17, 15) is 13.6 Å². The molecular weight excluding hydrogens is 460 g/mol. The van der Waals surface area contributed by atoms with Crippen LogP contribution in [0.15, 0.2) is 12.3 Å². The van der Waals surface area contributed by atoms with Gasteiger partial charge in [-0.05, 0) is 64.0 Å². The van der Waals surface area contributed by atoms with Gasteiger partial charge in [0.05, 0.1) is 5.69 Å². The number of rotatable bonds is 10. The summed E-state index contributed by atoms with van der Waals surface area (Å²) in [6.07, 6.45) is 8.62. The van der Waals surface area contributed by atoms with Gasteiger partial charge in [-0.1, -0.05) is 11.3 Å². The normalized spacial score (nSPS) is 21.3. The number of alkyl halides is 2. The molecule has 0 unspecified atom stereocenters. The highest BCUT2D eigenvalue weighted by molar-refractivity contribution is 7.13. The van der Waals surface area contributed by atoms with Gasteiger partial charge in [-0.3, -0.25) is 14.4 Å². The van der Waals surface area contributed by atoms with Crippen molar-refractivity contribution in [2.75, 3.05) is 19.7 Å². The fraction of sp³-hybridized carbons (Fsp3) is 0.708. The lowest BCUT2D eigenvalue weighted by Crippen LogP contribution is -2.38. The van der Waals surface area contributed by atoms with Gasteiger partial charge in [0, 0.05) is 55.8 Å². The summed E-state index contributed by atoms with van der Waals surface area (Å²) in [6, 6.07) is 2.23. The van der Waals surface area contributed by atoms with E-state index in [1.54, 1.807) is 6.20 Å². The monoisotopic (exact) mass is 495 g/mol. The number of ether oxygens (including phenoxy) is 1. The third-order valence-corrected chi connectivity index (χ3v) is 7.85. The summed E-state index contributed by atoms with van der Waals surface area (Å²) >= 11 is 1.40. The first kappa shape index (κ1) is 25.0. The highest BCUT2D eigenvalue weighted by Crippen LogP contribution is 2.32. The molecule has 1 fully saturated rings. The quantitative estimate of drug-likeness (QED) is 0.535. The van der Waals surface area contributed by atoms with E-state index in [1.165, 1.54) is 11.3 Å². The maximum Gasteiger partial charge on any atom is 0.278 e. The Morgan fingerprint density at radius 3 is 2.79 bits per heavy atom. The van der Waals surface area contributed by atoms with Crippen LogP contribution < -0.4 is 10.1 Å². The zero-order valence-electron chi connectivity index (χ0n) is 20.1. The van der Waals surface area contributed by atoms with Gasteiger partial charge in [0.1, 0.15) is 0 Å². The van der Waals surface area contributed by atoms with Crippen LogP contribution in [0.1, 0.15) is 61.7 Å². The zero-order chi connectivity index (χ0) is 24.1. The molecule has 1 aliphatic carbocycles. The number of hydrogen-bond acceptors (Lipinski definition) is 6. The molecule has 1 amide bonds. The van der Waals surface area contributed by atoms with Gasteiger partial charge in [0.15, 0.2) is 6.61 Å². The lowest BCUT2D eigenvalue weighted by molar-refractivity contribution is -0.122. The molecule has 1 aliphatic heterocycles. The van der Waals surface area contributed by atoms with Gasteiger partial charge < -0.3 is 10.1 Å². The van der Waals surface area contributed by atoms with Gasteiger partial charge >= 0.3 is 0 Å². The van der Waals surface area contributed by atoms with E-state index in [2.05, 4.69) is 20.3 Å². The number of carbonyl (C=O) groups is 1. The minimum Gasteiger partial charge on any atom is -0.464 e. The summed E-state index contributed by atoms with van der Waals surface area (Å²) in [5.41, 5.74) is 2.05. The molecule has 0 saturated heterocycles. The lowest BCUT2D eigenvalue weighted by Gasteiger charge is -2.32. The third kappa shape index (κ3) is 7.21. The van der Waals surface area contributed by atoms with E-state index in [0.717, 1.165) is 81.3 Å². The van der Waals surface area contributed by atoms with Crippen molar-refractivity contribution in [3.05, 3.63) is 28.5 Å². The van der Waals surface area contributed by atoms with Crippen LogP contribution in [0, 0.1) is 12.8 Å². The minimum absolute atomic E-state index is 0.108. The molecule has 188 valence electrons. The van der Waals surface area contributed by atoms with Crippen LogP contribution in [0.4, 0.5) is 8.78 Å². The third-order valence-electron chi connectivity index (χ3n) is 6.78. The van der Waals surface area contributed by atoms with Crippen LogP contribution in [-0.2, 0) is 24.3 Å². The molecule has 7 nitrogen and oxygen atoms in total. The van der Waals surface area contributed by atoms with Crippen LogP contribution in [0.3, 0.4) is 0 Å². The predicted octanol–water partition coefficient (Wildman–Crippen LogP) is 4.20. The van der Waals surface area contributed by atoms with Crippen molar-refractivity contribution in [2.24, 2.45) is 5.92 Å². The Hall–Kier alpha value is -2.07. The Bertz CT molecular complexity index is 950. The second kappa shape index (κ2) is 11.1. The number of nitrogens with zero attached hydrogens (tertiary/aromatic N) is 4. The van der Waals surface area contributed by atoms with Crippen LogP contribution >= 0.6 is 11.3 Å². The fourth-order valence-corrected chi connectivity index (χ4v) is 5.68. The van der Waals surface area contributed by atoms with Gasteiger partial charge in [0.2, 0.25) is 5.91 Å². The molecule has 2 aromatic heterocycles. The Morgan fingerprint density at radius 2 is 2.09 bits per heavy atom. The van der Waals surface area contributed by atoms with Crippen molar-refractivity contribution in [1.82, 2.24) is 25.0 Å². The molecule has 0 bridgehead atoms. The topological polar surface area (TPSA) is 72.3 Å². The van der Waals surface area contributed by atoms with Crippen molar-refractivity contribution < 1.29 is 18.3 Å². The van der Waals surface area contributed by atoms with E-state index >= 15 is 0 Å². The minimum atomic E-state index is -2.85. The van der Waals surface area contributed by atoms with Crippen LogP contribution in [0.5, 0.6) is 5.19 Å². The summed E-state index contributed by atoms with van der Waals surface area (Å²) in [5.74, 6) is -2.06. The summed E-state index contributed by atoms with van der Waals surface area (Å²) in [6.45, 7) is 5.59. The largest absolute Gasteiger partial charge is 0.464 e. The number of halogens is 2. The van der Waals surface area contributed by atoms with Gasteiger partial charge in [0.25, 0.3) is 11.1 Å². The van der Waals surface area contributed by atoms with Crippen LogP contribution in [0.2, 0.25) is 0 Å². The highest BCUT2D eigenvalue weighted by Gasteiger charge is 2.27. The molecular formula is C24H35F2N5O2S. The zero-order valence-corrected chi connectivity index (χ0v) is 20.9. The molecule has 10 heteroatoms. The van der Waals surface area contributed by atoms with Crippen molar-refractivity contribution in [1.29, 1.82) is 0 Å². The number of hydrogen-bond donors (Lipinski definition) is 1. The molecule has 1 saturated carbocycles. The Labute approximate surface area is 203 Å². The second-order valence-corrected chi connectivity index (χ2v) is 10.8. The smallest absolute Gasteiger partial charge is 0.278 e. The first-order valence-electron chi connectivity index (χ1n) is 12.2. The molecule has 0 spiro atoms. The molecule has 3 heterocycles. The predicted molar refractivity (Wildman–Crippen MR) is 127 cm³/mol. The van der Waals surface area contributed by atoms with E-state index in [4.69, 9.17) is 4.74 Å². The molecule has 0 atom stereocenters.